The van der Waals surface area contributed by atoms with E-state index in [4.69, 9.17) is 0 Å². The van der Waals surface area contributed by atoms with Gasteiger partial charge >= 0.3 is 5.97 Å². The number of rotatable bonds is 4. The smallest absolute Gasteiger partial charge is 0.335 e. The second-order valence-corrected chi connectivity index (χ2v) is 8.26. The van der Waals surface area contributed by atoms with E-state index in [2.05, 4.69) is 42.2 Å². The zero-order chi connectivity index (χ0) is 18.8. The summed E-state index contributed by atoms with van der Waals surface area (Å²) >= 11 is 0. The molecule has 0 aromatic heterocycles. The summed E-state index contributed by atoms with van der Waals surface area (Å²) in [6.07, 6.45) is 6.22. The minimum Gasteiger partial charge on any atom is -0.478 e. The van der Waals surface area contributed by atoms with Gasteiger partial charge < -0.3 is 10.0 Å². The van der Waals surface area contributed by atoms with Gasteiger partial charge in [-0.15, -0.1) is 0 Å². The standard InChI is InChI=1S/C24H29NO2/c1-17-15-21(24(26)27)8-10-23(17)20-7-9-22(16-20)25-13-11-19(12-14-25)18-5-3-2-4-6-18/h2-6,8,10,15,19-20,22H,7,9,11-14,16H2,1H3,(H,26,27). The summed E-state index contributed by atoms with van der Waals surface area (Å²) in [5, 5.41) is 9.17. The number of carbonyl (C=O) groups is 1. The Morgan fingerprint density at radius 3 is 2.37 bits per heavy atom. The van der Waals surface area contributed by atoms with Crippen LogP contribution >= 0.6 is 0 Å². The lowest BCUT2D eigenvalue weighted by molar-refractivity contribution is 0.0696. The second kappa shape index (κ2) is 7.85. The molecule has 1 aliphatic heterocycles. The van der Waals surface area contributed by atoms with Gasteiger partial charge in [0.15, 0.2) is 0 Å². The lowest BCUT2D eigenvalue weighted by atomic mass is 9.88. The molecule has 142 valence electrons. The van der Waals surface area contributed by atoms with Crippen molar-refractivity contribution < 1.29 is 9.90 Å². The van der Waals surface area contributed by atoms with Crippen LogP contribution in [0, 0.1) is 6.92 Å². The van der Waals surface area contributed by atoms with Crippen LogP contribution in [0.1, 0.15) is 71.0 Å². The van der Waals surface area contributed by atoms with Crippen LogP contribution in [0.4, 0.5) is 0 Å². The van der Waals surface area contributed by atoms with Gasteiger partial charge in [-0.3, -0.25) is 0 Å². The molecule has 1 N–H and O–H groups in total. The van der Waals surface area contributed by atoms with Crippen molar-refractivity contribution in [1.82, 2.24) is 4.90 Å². The van der Waals surface area contributed by atoms with Gasteiger partial charge in [0, 0.05) is 6.04 Å². The third kappa shape index (κ3) is 3.93. The van der Waals surface area contributed by atoms with E-state index in [-0.39, 0.29) is 0 Å². The Labute approximate surface area is 162 Å². The van der Waals surface area contributed by atoms with E-state index in [1.54, 1.807) is 6.07 Å². The molecule has 2 aromatic carbocycles. The highest BCUT2D eigenvalue weighted by atomic mass is 16.4. The molecule has 4 rings (SSSR count). The average molecular weight is 364 g/mol. The molecule has 27 heavy (non-hydrogen) atoms. The Kier molecular flexibility index (Phi) is 5.31. The quantitative estimate of drug-likeness (QED) is 0.811. The molecule has 0 amide bonds. The van der Waals surface area contributed by atoms with Crippen LogP contribution in [-0.4, -0.2) is 35.1 Å². The van der Waals surface area contributed by atoms with Crippen LogP contribution < -0.4 is 0 Å². The maximum Gasteiger partial charge on any atom is 0.335 e. The van der Waals surface area contributed by atoms with Crippen molar-refractivity contribution in [2.24, 2.45) is 0 Å². The number of piperidine rings is 1. The highest BCUT2D eigenvalue weighted by Crippen LogP contribution is 2.40. The number of benzene rings is 2. The minimum absolute atomic E-state index is 0.397. The number of carboxylic acids is 1. The molecular weight excluding hydrogens is 334 g/mol. The fourth-order valence-corrected chi connectivity index (χ4v) is 5.16. The molecule has 3 heteroatoms. The Morgan fingerprint density at radius 2 is 1.70 bits per heavy atom. The molecule has 2 unspecified atom stereocenters. The first-order chi connectivity index (χ1) is 13.1. The number of aromatic carboxylic acids is 1. The molecule has 0 radical (unpaired) electrons. The summed E-state index contributed by atoms with van der Waals surface area (Å²) in [4.78, 5) is 13.9. The fraction of sp³-hybridized carbons (Fsp3) is 0.458. The summed E-state index contributed by atoms with van der Waals surface area (Å²) in [6.45, 7) is 4.46. The third-order valence-corrected chi connectivity index (χ3v) is 6.68. The molecule has 1 aliphatic carbocycles. The van der Waals surface area contributed by atoms with Gasteiger partial charge in [-0.25, -0.2) is 4.79 Å². The zero-order valence-electron chi connectivity index (χ0n) is 16.1. The van der Waals surface area contributed by atoms with Crippen molar-refractivity contribution in [2.45, 2.75) is 56.9 Å². The highest BCUT2D eigenvalue weighted by Gasteiger charge is 2.33. The summed E-state index contributed by atoms with van der Waals surface area (Å²) in [5.74, 6) is 0.449. The van der Waals surface area contributed by atoms with Gasteiger partial charge in [-0.1, -0.05) is 36.4 Å². The average Bonchev–Trinajstić information content (AvgIpc) is 3.18. The number of carboxylic acid groups (broad SMARTS) is 1. The first-order valence-corrected chi connectivity index (χ1v) is 10.2. The summed E-state index contributed by atoms with van der Waals surface area (Å²) in [5.41, 5.74) is 4.37. The maximum atomic E-state index is 11.2. The Bertz CT molecular complexity index is 793. The largest absolute Gasteiger partial charge is 0.478 e. The molecule has 2 aliphatic rings. The van der Waals surface area contributed by atoms with Crippen molar-refractivity contribution in [1.29, 1.82) is 0 Å². The lowest BCUT2D eigenvalue weighted by Crippen LogP contribution is -2.39. The molecule has 3 nitrogen and oxygen atoms in total. The van der Waals surface area contributed by atoms with Crippen LogP contribution in [0.5, 0.6) is 0 Å². The Hall–Kier alpha value is -2.13. The number of likely N-dealkylation sites (tertiary alicyclic amines) is 1. The Balaban J connectivity index is 1.36. The van der Waals surface area contributed by atoms with Crippen molar-refractivity contribution in [3.8, 4) is 0 Å². The monoisotopic (exact) mass is 363 g/mol. The van der Waals surface area contributed by atoms with Crippen molar-refractivity contribution in [3.05, 3.63) is 70.8 Å². The lowest BCUT2D eigenvalue weighted by Gasteiger charge is -2.36. The number of hydrogen-bond acceptors (Lipinski definition) is 2. The van der Waals surface area contributed by atoms with Crippen molar-refractivity contribution >= 4 is 5.97 Å². The summed E-state index contributed by atoms with van der Waals surface area (Å²) in [6, 6.07) is 17.3. The van der Waals surface area contributed by atoms with Gasteiger partial charge in [0.05, 0.1) is 5.56 Å². The fourth-order valence-electron chi connectivity index (χ4n) is 5.16. The second-order valence-electron chi connectivity index (χ2n) is 8.26. The first-order valence-electron chi connectivity index (χ1n) is 10.2. The predicted molar refractivity (Wildman–Crippen MR) is 109 cm³/mol. The van der Waals surface area contributed by atoms with E-state index in [1.165, 1.54) is 56.3 Å². The first kappa shape index (κ1) is 18.2. The van der Waals surface area contributed by atoms with Crippen LogP contribution in [0.15, 0.2) is 48.5 Å². The zero-order valence-corrected chi connectivity index (χ0v) is 16.1. The Morgan fingerprint density at radius 1 is 0.963 bits per heavy atom. The van der Waals surface area contributed by atoms with E-state index in [0.29, 0.717) is 23.4 Å². The molecule has 1 saturated carbocycles. The number of nitrogens with zero attached hydrogens (tertiary/aromatic N) is 1. The topological polar surface area (TPSA) is 40.5 Å². The van der Waals surface area contributed by atoms with Crippen LogP contribution in [-0.2, 0) is 0 Å². The van der Waals surface area contributed by atoms with Crippen molar-refractivity contribution in [3.63, 3.8) is 0 Å². The van der Waals surface area contributed by atoms with Crippen molar-refractivity contribution in [2.75, 3.05) is 13.1 Å². The molecular formula is C24H29NO2. The SMILES string of the molecule is Cc1cc(C(=O)O)ccc1C1CCC(N2CCC(c3ccccc3)CC2)C1. The van der Waals surface area contributed by atoms with Crippen LogP contribution in [0.2, 0.25) is 0 Å². The minimum atomic E-state index is -0.838. The van der Waals surface area contributed by atoms with E-state index in [0.717, 1.165) is 5.56 Å². The van der Waals surface area contributed by atoms with Gasteiger partial charge in [0.2, 0.25) is 0 Å². The molecule has 1 saturated heterocycles. The third-order valence-electron chi connectivity index (χ3n) is 6.68. The van der Waals surface area contributed by atoms with Crippen LogP contribution in [0.3, 0.4) is 0 Å². The maximum absolute atomic E-state index is 11.2. The van der Waals surface area contributed by atoms with Gasteiger partial charge in [-0.05, 0) is 92.8 Å². The molecule has 2 aromatic rings. The van der Waals surface area contributed by atoms with Gasteiger partial charge in [-0.2, -0.15) is 0 Å². The number of aryl methyl sites for hydroxylation is 1. The van der Waals surface area contributed by atoms with E-state index in [1.807, 2.05) is 12.1 Å². The summed E-state index contributed by atoms with van der Waals surface area (Å²) < 4.78 is 0. The molecule has 0 bridgehead atoms. The van der Waals surface area contributed by atoms with Gasteiger partial charge in [0.25, 0.3) is 0 Å². The van der Waals surface area contributed by atoms with Gasteiger partial charge in [0.1, 0.15) is 0 Å². The van der Waals surface area contributed by atoms with E-state index >= 15 is 0 Å². The van der Waals surface area contributed by atoms with E-state index < -0.39 is 5.97 Å². The summed E-state index contributed by atoms with van der Waals surface area (Å²) in [7, 11) is 0. The molecule has 0 spiro atoms. The number of hydrogen-bond donors (Lipinski definition) is 1. The predicted octanol–water partition coefficient (Wildman–Crippen LogP) is 5.21. The molecule has 2 atom stereocenters. The van der Waals surface area contributed by atoms with E-state index in [9.17, 15) is 9.90 Å². The van der Waals surface area contributed by atoms with Crippen LogP contribution in [0.25, 0.3) is 0 Å². The highest BCUT2D eigenvalue weighted by molar-refractivity contribution is 5.87. The normalized spacial score (nSPS) is 24.2. The molecule has 2 fully saturated rings. The molecule has 1 heterocycles.